The zero-order chi connectivity index (χ0) is 13.3. The number of benzene rings is 1. The number of para-hydroxylation sites is 1. The molecule has 1 aromatic heterocycles. The number of H-pyrrole nitrogens is 1. The Hall–Kier alpha value is -0.660. The maximum absolute atomic E-state index is 12.1. The van der Waals surface area contributed by atoms with Crippen molar-refractivity contribution < 1.29 is 13.2 Å². The molecule has 0 radical (unpaired) electrons. The average molecular weight is 313 g/mol. The number of aryl methyl sites for hydroxylation is 1. The van der Waals surface area contributed by atoms with E-state index in [0.29, 0.717) is 15.3 Å². The van der Waals surface area contributed by atoms with E-state index >= 15 is 0 Å². The lowest BCUT2D eigenvalue weighted by Gasteiger charge is -2.07. The molecule has 18 heavy (non-hydrogen) atoms. The van der Waals surface area contributed by atoms with Gasteiger partial charge >= 0.3 is 5.51 Å². The highest BCUT2D eigenvalue weighted by Gasteiger charge is 2.27. The van der Waals surface area contributed by atoms with E-state index in [1.807, 2.05) is 0 Å². The topological polar surface area (TPSA) is 20.7 Å². The Morgan fingerprint density at radius 2 is 2.11 bits per heavy atom. The first kappa shape index (κ1) is 13.8. The number of halogens is 4. The summed E-state index contributed by atoms with van der Waals surface area (Å²) in [7, 11) is 0. The molecule has 1 aromatic carbocycles. The van der Waals surface area contributed by atoms with E-state index in [4.69, 9.17) is 23.8 Å². The van der Waals surface area contributed by atoms with E-state index in [-0.39, 0.29) is 24.1 Å². The molecule has 2 aromatic rings. The zero-order valence-electron chi connectivity index (χ0n) is 8.92. The lowest BCUT2D eigenvalue weighted by atomic mass is 10.3. The Morgan fingerprint density at radius 3 is 2.78 bits per heavy atom. The number of fused-ring (bicyclic) bond motifs is 1. The van der Waals surface area contributed by atoms with Crippen molar-refractivity contribution in [2.24, 2.45) is 0 Å². The van der Waals surface area contributed by atoms with Crippen LogP contribution >= 0.6 is 35.6 Å². The van der Waals surface area contributed by atoms with Crippen LogP contribution in [0.2, 0.25) is 5.02 Å². The van der Waals surface area contributed by atoms with Crippen LogP contribution in [0, 0.1) is 4.77 Å². The van der Waals surface area contributed by atoms with Crippen LogP contribution in [0.15, 0.2) is 18.2 Å². The van der Waals surface area contributed by atoms with Gasteiger partial charge in [0.2, 0.25) is 0 Å². The van der Waals surface area contributed by atoms with Crippen molar-refractivity contribution in [2.45, 2.75) is 12.1 Å². The summed E-state index contributed by atoms with van der Waals surface area (Å²) in [5.41, 5.74) is -2.85. The second-order valence-electron chi connectivity index (χ2n) is 3.51. The van der Waals surface area contributed by atoms with E-state index in [1.54, 1.807) is 22.8 Å². The molecule has 0 saturated carbocycles. The molecule has 1 N–H and O–H groups in total. The first-order valence-electron chi connectivity index (χ1n) is 4.96. The summed E-state index contributed by atoms with van der Waals surface area (Å²) in [6.07, 6.45) is 0. The average Bonchev–Trinajstić information content (AvgIpc) is 2.55. The van der Waals surface area contributed by atoms with Crippen LogP contribution in [0.1, 0.15) is 0 Å². The molecule has 8 heteroatoms. The second kappa shape index (κ2) is 5.14. The molecule has 98 valence electrons. The van der Waals surface area contributed by atoms with Crippen LogP contribution in [-0.2, 0) is 6.54 Å². The van der Waals surface area contributed by atoms with Crippen molar-refractivity contribution in [3.63, 3.8) is 0 Å². The minimum absolute atomic E-state index is 0.0692. The number of rotatable bonds is 3. The Morgan fingerprint density at radius 1 is 1.39 bits per heavy atom. The van der Waals surface area contributed by atoms with E-state index in [2.05, 4.69) is 4.98 Å². The Kier molecular flexibility index (Phi) is 3.93. The summed E-state index contributed by atoms with van der Waals surface area (Å²) in [4.78, 5) is 2.92. The number of hydrogen-bond donors (Lipinski definition) is 1. The molecule has 0 aliphatic rings. The second-order valence-corrected chi connectivity index (χ2v) is 5.47. The summed E-state index contributed by atoms with van der Waals surface area (Å²) in [6, 6.07) is 5.22. The molecular formula is C10H8ClF3N2S2. The maximum atomic E-state index is 12.1. The molecule has 0 saturated heterocycles. The summed E-state index contributed by atoms with van der Waals surface area (Å²) >= 11 is 11.0. The quantitative estimate of drug-likeness (QED) is 0.836. The molecule has 0 fully saturated rings. The third-order valence-electron chi connectivity index (χ3n) is 2.32. The number of nitrogens with zero attached hydrogens (tertiary/aromatic N) is 1. The number of hydrogen-bond acceptors (Lipinski definition) is 2. The van der Waals surface area contributed by atoms with Gasteiger partial charge in [-0.15, -0.1) is 0 Å². The Balaban J connectivity index is 2.28. The van der Waals surface area contributed by atoms with Crippen molar-refractivity contribution in [3.05, 3.63) is 28.0 Å². The minimum Gasteiger partial charge on any atom is -0.331 e. The third kappa shape index (κ3) is 3.02. The lowest BCUT2D eigenvalue weighted by Crippen LogP contribution is -2.07. The van der Waals surface area contributed by atoms with Gasteiger partial charge < -0.3 is 9.55 Å². The number of imidazole rings is 1. The van der Waals surface area contributed by atoms with Gasteiger partial charge in [-0.05, 0) is 36.1 Å². The predicted molar refractivity (Wildman–Crippen MR) is 70.6 cm³/mol. The number of aromatic nitrogens is 2. The van der Waals surface area contributed by atoms with Gasteiger partial charge in [-0.25, -0.2) is 0 Å². The Bertz CT molecular complexity index is 618. The van der Waals surface area contributed by atoms with Gasteiger partial charge in [0.1, 0.15) is 0 Å². The molecular weight excluding hydrogens is 305 g/mol. The summed E-state index contributed by atoms with van der Waals surface area (Å²) in [5.74, 6) is -0.101. The van der Waals surface area contributed by atoms with Crippen LogP contribution in [0.4, 0.5) is 13.2 Å². The molecule has 2 rings (SSSR count). The number of alkyl halides is 3. The third-order valence-corrected chi connectivity index (χ3v) is 3.67. The molecule has 0 amide bonds. The fourth-order valence-corrected chi connectivity index (χ4v) is 2.72. The predicted octanol–water partition coefficient (Wildman–Crippen LogP) is 4.61. The SMILES string of the molecule is FC(F)(F)SCCn1c(=S)[nH]c2cccc(Cl)c21. The zero-order valence-corrected chi connectivity index (χ0v) is 11.3. The smallest absolute Gasteiger partial charge is 0.331 e. The first-order chi connectivity index (χ1) is 8.38. The van der Waals surface area contributed by atoms with Gasteiger partial charge in [-0.1, -0.05) is 17.7 Å². The first-order valence-corrected chi connectivity index (χ1v) is 6.73. The molecule has 0 aliphatic heterocycles. The van der Waals surface area contributed by atoms with Crippen LogP contribution in [0.25, 0.3) is 11.0 Å². The van der Waals surface area contributed by atoms with Gasteiger partial charge in [-0.2, -0.15) is 13.2 Å². The molecule has 0 aliphatic carbocycles. The highest BCUT2D eigenvalue weighted by atomic mass is 35.5. The number of aromatic amines is 1. The van der Waals surface area contributed by atoms with Crippen molar-refractivity contribution >= 4 is 46.6 Å². The van der Waals surface area contributed by atoms with E-state index in [1.165, 1.54) is 0 Å². The van der Waals surface area contributed by atoms with E-state index < -0.39 is 5.51 Å². The fraction of sp³-hybridized carbons (Fsp3) is 0.300. The largest absolute Gasteiger partial charge is 0.441 e. The molecule has 2 nitrogen and oxygen atoms in total. The van der Waals surface area contributed by atoms with Gasteiger partial charge in [0.05, 0.1) is 16.1 Å². The summed E-state index contributed by atoms with van der Waals surface area (Å²) in [6.45, 7) is 0.159. The molecule has 0 unspecified atom stereocenters. The van der Waals surface area contributed by atoms with E-state index in [9.17, 15) is 13.2 Å². The molecule has 1 heterocycles. The molecule has 0 atom stereocenters. The van der Waals surface area contributed by atoms with Gasteiger partial charge in [0.25, 0.3) is 0 Å². The van der Waals surface area contributed by atoms with Crippen molar-refractivity contribution in [1.29, 1.82) is 0 Å². The normalized spacial score (nSPS) is 12.2. The van der Waals surface area contributed by atoms with Crippen LogP contribution in [-0.4, -0.2) is 20.8 Å². The number of nitrogens with one attached hydrogen (secondary N) is 1. The van der Waals surface area contributed by atoms with Crippen LogP contribution < -0.4 is 0 Å². The fourth-order valence-electron chi connectivity index (χ4n) is 1.64. The van der Waals surface area contributed by atoms with E-state index in [0.717, 1.165) is 5.52 Å². The Labute approximate surface area is 115 Å². The lowest BCUT2D eigenvalue weighted by molar-refractivity contribution is -0.0328. The monoisotopic (exact) mass is 312 g/mol. The van der Waals surface area contributed by atoms with Gasteiger partial charge in [0, 0.05) is 12.3 Å². The standard InChI is InChI=1S/C10H8ClF3N2S2/c11-6-2-1-3-7-8(6)16(9(17)15-7)4-5-18-10(12,13)14/h1-3H,4-5H2,(H,15,17). The van der Waals surface area contributed by atoms with Gasteiger partial charge in [-0.3, -0.25) is 0 Å². The summed E-state index contributed by atoms with van der Waals surface area (Å²) < 4.78 is 38.2. The highest BCUT2D eigenvalue weighted by Crippen LogP contribution is 2.31. The highest BCUT2D eigenvalue weighted by molar-refractivity contribution is 8.00. The van der Waals surface area contributed by atoms with Crippen molar-refractivity contribution in [1.82, 2.24) is 9.55 Å². The molecule has 0 spiro atoms. The minimum atomic E-state index is -4.22. The number of thioether (sulfide) groups is 1. The summed E-state index contributed by atoms with van der Waals surface area (Å²) in [5, 5.41) is 0.469. The van der Waals surface area contributed by atoms with Crippen molar-refractivity contribution in [3.8, 4) is 0 Å². The van der Waals surface area contributed by atoms with Gasteiger partial charge in [0.15, 0.2) is 4.77 Å². The molecule has 0 bridgehead atoms. The van der Waals surface area contributed by atoms with Crippen LogP contribution in [0.5, 0.6) is 0 Å². The van der Waals surface area contributed by atoms with Crippen molar-refractivity contribution in [2.75, 3.05) is 5.75 Å². The maximum Gasteiger partial charge on any atom is 0.441 e. The van der Waals surface area contributed by atoms with Crippen LogP contribution in [0.3, 0.4) is 0 Å².